The Morgan fingerprint density at radius 2 is 2.03 bits per heavy atom. The molecule has 2 unspecified atom stereocenters. The van der Waals surface area contributed by atoms with Gasteiger partial charge >= 0.3 is 11.9 Å². The van der Waals surface area contributed by atoms with E-state index in [4.69, 9.17) is 21.4 Å². The second-order valence-corrected chi connectivity index (χ2v) is 6.99. The second kappa shape index (κ2) is 10.8. The summed E-state index contributed by atoms with van der Waals surface area (Å²) < 4.78 is 14.3. The lowest BCUT2D eigenvalue weighted by atomic mass is 10.00. The minimum Gasteiger partial charge on any atom is -0.481 e. The molecule has 0 fully saturated rings. The van der Waals surface area contributed by atoms with Crippen molar-refractivity contribution in [2.45, 2.75) is 31.7 Å². The largest absolute Gasteiger partial charge is 0.481 e. The Kier molecular flexibility index (Phi) is 8.21. The molecule has 1 aromatic carbocycles. The predicted octanol–water partition coefficient (Wildman–Crippen LogP) is 0.104. The number of nitrogens with zero attached hydrogens (tertiary/aromatic N) is 1. The maximum atomic E-state index is 14.3. The van der Waals surface area contributed by atoms with Crippen molar-refractivity contribution < 1.29 is 33.8 Å². The van der Waals surface area contributed by atoms with E-state index in [0.717, 1.165) is 6.07 Å². The molecule has 13 heteroatoms. The van der Waals surface area contributed by atoms with Crippen LogP contribution in [0.15, 0.2) is 23.2 Å². The highest BCUT2D eigenvalue weighted by molar-refractivity contribution is 6.15. The highest BCUT2D eigenvalue weighted by atomic mass is 19.1. The minimum absolute atomic E-state index is 0.0447. The zero-order valence-electron chi connectivity index (χ0n) is 16.9. The minimum atomic E-state index is -1.42. The molecule has 0 saturated heterocycles. The quantitative estimate of drug-likeness (QED) is 0.230. The molecule has 0 radical (unpaired) electrons. The number of carboxylic acid groups (broad SMARTS) is 2. The second-order valence-electron chi connectivity index (χ2n) is 6.99. The van der Waals surface area contributed by atoms with Crippen LogP contribution in [-0.2, 0) is 14.4 Å². The van der Waals surface area contributed by atoms with Crippen LogP contribution in [0.2, 0.25) is 0 Å². The number of guanidine groups is 1. The fourth-order valence-electron chi connectivity index (χ4n) is 2.95. The number of carbonyl (C=O) groups is 4. The van der Waals surface area contributed by atoms with Crippen molar-refractivity contribution in [1.82, 2.24) is 10.6 Å². The fourth-order valence-corrected chi connectivity index (χ4v) is 2.95. The molecule has 2 rings (SSSR count). The molecular weight excluding hydrogens is 427 g/mol. The Balaban J connectivity index is 1.89. The van der Waals surface area contributed by atoms with Gasteiger partial charge in [-0.2, -0.15) is 4.99 Å². The smallest absolute Gasteiger partial charge is 0.326 e. The number of hydrogen-bond acceptors (Lipinski definition) is 7. The van der Waals surface area contributed by atoms with Crippen molar-refractivity contribution in [3.63, 3.8) is 0 Å². The number of halogens is 1. The molecule has 2 amide bonds. The van der Waals surface area contributed by atoms with Gasteiger partial charge in [-0.25, -0.2) is 9.18 Å². The van der Waals surface area contributed by atoms with Crippen molar-refractivity contribution in [1.29, 1.82) is 5.41 Å². The summed E-state index contributed by atoms with van der Waals surface area (Å²) in [6, 6.07) is 2.11. The number of nitrogens with one attached hydrogen (secondary N) is 4. The number of benzene rings is 1. The Morgan fingerprint density at radius 3 is 2.62 bits per heavy atom. The van der Waals surface area contributed by atoms with Crippen LogP contribution in [0.5, 0.6) is 0 Å². The molecule has 1 aliphatic rings. The summed E-state index contributed by atoms with van der Waals surface area (Å²) in [5.41, 5.74) is 5.64. The number of carbonyl (C=O) groups excluding carboxylic acids is 2. The van der Waals surface area contributed by atoms with E-state index < -0.39 is 48.0 Å². The van der Waals surface area contributed by atoms with Crippen molar-refractivity contribution in [2.75, 3.05) is 11.9 Å². The van der Waals surface area contributed by atoms with Gasteiger partial charge in [0, 0.05) is 18.5 Å². The molecule has 1 aromatic rings. The zero-order valence-corrected chi connectivity index (χ0v) is 16.9. The van der Waals surface area contributed by atoms with E-state index in [0.29, 0.717) is 12.8 Å². The first-order valence-electron chi connectivity index (χ1n) is 9.60. The lowest BCUT2D eigenvalue weighted by molar-refractivity contribution is -0.140. The molecule has 12 nitrogen and oxygen atoms in total. The highest BCUT2D eigenvalue weighted by Crippen LogP contribution is 2.17. The molecule has 1 aliphatic heterocycles. The van der Waals surface area contributed by atoms with Crippen molar-refractivity contribution in [3.8, 4) is 0 Å². The topological polar surface area (TPSA) is 207 Å². The van der Waals surface area contributed by atoms with Gasteiger partial charge in [0.25, 0.3) is 5.91 Å². The Bertz CT molecular complexity index is 966. The molecule has 172 valence electrons. The van der Waals surface area contributed by atoms with Crippen LogP contribution in [0, 0.1) is 17.1 Å². The zero-order chi connectivity index (χ0) is 23.8. The summed E-state index contributed by atoms with van der Waals surface area (Å²) in [4.78, 5) is 49.5. The summed E-state index contributed by atoms with van der Waals surface area (Å²) in [5.74, 6) is -5.57. The van der Waals surface area contributed by atoms with Gasteiger partial charge in [0.2, 0.25) is 11.9 Å². The fraction of sp³-hybridized carbons (Fsp3) is 0.368. The van der Waals surface area contributed by atoms with Gasteiger partial charge in [0.15, 0.2) is 0 Å². The van der Waals surface area contributed by atoms with Crippen LogP contribution in [-0.4, -0.2) is 58.3 Å². The summed E-state index contributed by atoms with van der Waals surface area (Å²) in [6.45, 7) is 0.285. The molecule has 0 aromatic heterocycles. The van der Waals surface area contributed by atoms with Gasteiger partial charge in [-0.15, -0.1) is 0 Å². The number of amides is 2. The number of aliphatic imine (C=N–C) groups is 1. The normalized spacial score (nSPS) is 16.5. The molecule has 32 heavy (non-hydrogen) atoms. The highest BCUT2D eigenvalue weighted by Gasteiger charge is 2.27. The number of amidine groups is 1. The van der Waals surface area contributed by atoms with Crippen LogP contribution in [0.1, 0.15) is 36.0 Å². The van der Waals surface area contributed by atoms with Crippen LogP contribution in [0.25, 0.3) is 0 Å². The van der Waals surface area contributed by atoms with Gasteiger partial charge < -0.3 is 26.6 Å². The van der Waals surface area contributed by atoms with E-state index in [9.17, 15) is 23.6 Å². The third-order valence-corrected chi connectivity index (χ3v) is 4.62. The van der Waals surface area contributed by atoms with Crippen molar-refractivity contribution >= 4 is 41.2 Å². The maximum Gasteiger partial charge on any atom is 0.326 e. The Morgan fingerprint density at radius 1 is 1.31 bits per heavy atom. The lowest BCUT2D eigenvalue weighted by Gasteiger charge is -2.20. The molecule has 0 spiro atoms. The van der Waals surface area contributed by atoms with E-state index in [2.05, 4.69) is 20.9 Å². The Hall–Kier alpha value is -4.03. The average Bonchev–Trinajstić information content (AvgIpc) is 2.70. The van der Waals surface area contributed by atoms with Crippen LogP contribution >= 0.6 is 0 Å². The molecule has 0 bridgehead atoms. The maximum absolute atomic E-state index is 14.3. The van der Waals surface area contributed by atoms with Gasteiger partial charge in [0.1, 0.15) is 17.7 Å². The molecule has 1 heterocycles. The monoisotopic (exact) mass is 450 g/mol. The van der Waals surface area contributed by atoms with Crippen LogP contribution in [0.4, 0.5) is 10.1 Å². The number of anilines is 1. The standard InChI is InChI=1S/C19H23FN6O6/c20-11-8-9(16(29)24-13(18(31)32)5-6-14(27)28)3-4-12(11)23-7-1-2-10-15(21)25-19(22)26-17(10)30/h3-4,8,10,13,23H,1-2,5-7H2,(H,24,29)(H,27,28)(H,31,32)(H4,21,22,25,26,30). The molecule has 2 atom stereocenters. The first-order valence-corrected chi connectivity index (χ1v) is 9.60. The summed E-state index contributed by atoms with van der Waals surface area (Å²) in [5, 5.41) is 32.3. The van der Waals surface area contributed by atoms with Gasteiger partial charge in [-0.3, -0.25) is 25.1 Å². The molecule has 0 aliphatic carbocycles. The third-order valence-electron chi connectivity index (χ3n) is 4.62. The van der Waals surface area contributed by atoms with Gasteiger partial charge in [0.05, 0.1) is 11.6 Å². The molecule has 8 N–H and O–H groups in total. The first kappa shape index (κ1) is 24.2. The van der Waals surface area contributed by atoms with Crippen LogP contribution in [0.3, 0.4) is 0 Å². The summed E-state index contributed by atoms with van der Waals surface area (Å²) in [6.07, 6.45) is 0.00851. The van der Waals surface area contributed by atoms with Crippen molar-refractivity contribution in [2.24, 2.45) is 16.6 Å². The van der Waals surface area contributed by atoms with Crippen molar-refractivity contribution in [3.05, 3.63) is 29.6 Å². The Labute approximate surface area is 181 Å². The van der Waals surface area contributed by atoms with E-state index in [1.165, 1.54) is 12.1 Å². The van der Waals surface area contributed by atoms with E-state index in [1.54, 1.807) is 0 Å². The SMILES string of the molecule is N=C1N=C(N)C(CCCNc2ccc(C(=O)NC(CCC(=O)O)C(=O)O)cc2F)C(=O)N1. The number of nitrogens with two attached hydrogens (primary N) is 1. The number of carboxylic acids is 2. The average molecular weight is 450 g/mol. The first-order chi connectivity index (χ1) is 15.1. The van der Waals surface area contributed by atoms with E-state index in [-0.39, 0.29) is 36.0 Å². The van der Waals surface area contributed by atoms with E-state index in [1.807, 2.05) is 0 Å². The predicted molar refractivity (Wildman–Crippen MR) is 111 cm³/mol. The van der Waals surface area contributed by atoms with E-state index >= 15 is 0 Å². The lowest BCUT2D eigenvalue weighted by Crippen LogP contribution is -2.46. The number of hydrogen-bond donors (Lipinski definition) is 7. The van der Waals surface area contributed by atoms with Gasteiger partial charge in [-0.1, -0.05) is 0 Å². The van der Waals surface area contributed by atoms with Gasteiger partial charge in [-0.05, 0) is 37.5 Å². The molecular formula is C19H23FN6O6. The summed E-state index contributed by atoms with van der Waals surface area (Å²) >= 11 is 0. The third kappa shape index (κ3) is 6.75. The van der Waals surface area contributed by atoms with Crippen LogP contribution < -0.4 is 21.7 Å². The number of aliphatic carboxylic acids is 2. The number of rotatable bonds is 11. The summed E-state index contributed by atoms with van der Waals surface area (Å²) in [7, 11) is 0. The molecule has 0 saturated carbocycles.